The molecule has 0 amide bonds. The summed E-state index contributed by atoms with van der Waals surface area (Å²) in [6.45, 7) is 4.58. The van der Waals surface area contributed by atoms with E-state index in [1.165, 1.54) is 4.90 Å². The van der Waals surface area contributed by atoms with Gasteiger partial charge in [-0.3, -0.25) is 0 Å². The van der Waals surface area contributed by atoms with Gasteiger partial charge in [-0.05, 0) is 36.3 Å². The molecule has 3 rings (SSSR count). The Kier molecular flexibility index (Phi) is 5.00. The fraction of sp³-hybridized carbons (Fsp3) is 0.429. The molecule has 1 aromatic rings. The minimum absolute atomic E-state index is 0.0988. The lowest BCUT2D eigenvalue weighted by Crippen LogP contribution is -3.13. The average Bonchev–Trinajstić information content (AvgIpc) is 2.73. The summed E-state index contributed by atoms with van der Waals surface area (Å²) in [6.07, 6.45) is 2.05. The van der Waals surface area contributed by atoms with E-state index in [0.717, 1.165) is 30.8 Å². The summed E-state index contributed by atoms with van der Waals surface area (Å²) < 4.78 is 5.23. The second kappa shape index (κ2) is 7.23. The van der Waals surface area contributed by atoms with Crippen molar-refractivity contribution in [3.8, 4) is 24.0 Å². The van der Waals surface area contributed by atoms with Crippen LogP contribution in [0.4, 0.5) is 0 Å². The predicted octanol–water partition coefficient (Wildman–Crippen LogP) is 1.45. The van der Waals surface area contributed by atoms with E-state index < -0.39 is 17.3 Å². The van der Waals surface area contributed by atoms with Crippen LogP contribution in [0.1, 0.15) is 18.4 Å². The molecule has 0 bridgehead atoms. The van der Waals surface area contributed by atoms with Crippen LogP contribution in [0.3, 0.4) is 0 Å². The van der Waals surface area contributed by atoms with E-state index in [1.807, 2.05) is 30.3 Å². The largest absolute Gasteiger partial charge is 0.497 e. The van der Waals surface area contributed by atoms with Crippen molar-refractivity contribution in [1.29, 1.82) is 21.2 Å². The highest BCUT2D eigenvalue weighted by atomic mass is 16.5. The zero-order valence-electron chi connectivity index (χ0n) is 15.5. The molecule has 1 heterocycles. The summed E-state index contributed by atoms with van der Waals surface area (Å²) in [5.41, 5.74) is -0.0269. The number of methoxy groups -OCH3 is 1. The number of fused-ring (bicyclic) bond motifs is 1. The van der Waals surface area contributed by atoms with Crippen molar-refractivity contribution < 1.29 is 9.64 Å². The highest BCUT2D eigenvalue weighted by Gasteiger charge is 2.58. The Morgan fingerprint density at radius 3 is 2.41 bits per heavy atom. The van der Waals surface area contributed by atoms with Crippen LogP contribution in [0, 0.1) is 56.7 Å². The van der Waals surface area contributed by atoms with Crippen molar-refractivity contribution in [2.24, 2.45) is 17.3 Å². The van der Waals surface area contributed by atoms with Gasteiger partial charge in [0.05, 0.1) is 50.7 Å². The van der Waals surface area contributed by atoms with Crippen LogP contribution in [0.15, 0.2) is 35.9 Å². The Balaban J connectivity index is 2.21. The van der Waals surface area contributed by atoms with Crippen LogP contribution in [-0.2, 0) is 0 Å². The van der Waals surface area contributed by atoms with Crippen LogP contribution in [0.5, 0.6) is 5.75 Å². The van der Waals surface area contributed by atoms with E-state index in [1.54, 1.807) is 7.11 Å². The number of rotatable bonds is 3. The molecule has 0 aromatic heterocycles. The Morgan fingerprint density at radius 1 is 1.22 bits per heavy atom. The quantitative estimate of drug-likeness (QED) is 0.795. The molecule has 2 aliphatic rings. The molecule has 4 atom stereocenters. The van der Waals surface area contributed by atoms with Gasteiger partial charge in [0.15, 0.2) is 5.41 Å². The lowest BCUT2D eigenvalue weighted by atomic mass is 9.54. The molecule has 0 radical (unpaired) electrons. The Bertz CT molecular complexity index is 882. The van der Waals surface area contributed by atoms with E-state index >= 15 is 0 Å². The first-order valence-corrected chi connectivity index (χ1v) is 9.04. The number of nitriles is 3. The molecule has 6 heteroatoms. The Morgan fingerprint density at radius 2 is 1.89 bits per heavy atom. The number of nitrogens with one attached hydrogen (secondary N) is 2. The van der Waals surface area contributed by atoms with Crippen molar-refractivity contribution >= 4 is 5.71 Å². The van der Waals surface area contributed by atoms with Crippen molar-refractivity contribution in [3.05, 3.63) is 41.5 Å². The predicted molar refractivity (Wildman–Crippen MR) is 99.0 cm³/mol. The summed E-state index contributed by atoms with van der Waals surface area (Å²) in [5, 5.41) is 38.3. The fourth-order valence-corrected chi connectivity index (χ4v) is 4.44. The van der Waals surface area contributed by atoms with E-state index in [0.29, 0.717) is 5.75 Å². The standard InChI is InChI=1S/C21H21N5O/c1-3-26-9-8-16-17(10-22)20(25)21(12-23,13-24)19(18(16)11-26)14-4-6-15(27-2)7-5-14/h4-8,17-19,25H,3,9,11H2,1-2H3/p+1/t17?,18-,19+/m1/s1. The number of hydrogen-bond acceptors (Lipinski definition) is 5. The van der Waals surface area contributed by atoms with Crippen LogP contribution in [0.25, 0.3) is 0 Å². The molecule has 1 fully saturated rings. The maximum atomic E-state index is 10.00. The van der Waals surface area contributed by atoms with E-state index in [9.17, 15) is 15.8 Å². The number of likely N-dealkylation sites (N-methyl/N-ethyl adjacent to an activating group) is 1. The number of hydrogen-bond donors (Lipinski definition) is 2. The molecule has 6 nitrogen and oxygen atoms in total. The van der Waals surface area contributed by atoms with Gasteiger partial charge >= 0.3 is 0 Å². The molecular weight excluding hydrogens is 338 g/mol. The fourth-order valence-electron chi connectivity index (χ4n) is 4.44. The number of quaternary nitrogens is 1. The number of nitrogens with zero attached hydrogens (tertiary/aromatic N) is 3. The van der Waals surface area contributed by atoms with E-state index in [4.69, 9.17) is 10.1 Å². The zero-order chi connectivity index (χ0) is 19.6. The SMILES string of the molecule is CC[NH+]1CC=C2C(C#N)C(=N)C(C#N)(C#N)[C@@H](c3ccc(OC)cc3)[C@@H]2C1. The van der Waals surface area contributed by atoms with Gasteiger partial charge in [0.1, 0.15) is 11.7 Å². The van der Waals surface area contributed by atoms with Crippen LogP contribution in [-0.4, -0.2) is 32.5 Å². The summed E-state index contributed by atoms with van der Waals surface area (Å²) in [5.74, 6) is -0.717. The van der Waals surface area contributed by atoms with Gasteiger partial charge in [-0.2, -0.15) is 15.8 Å². The van der Waals surface area contributed by atoms with Crippen molar-refractivity contribution in [3.63, 3.8) is 0 Å². The molecule has 2 unspecified atom stereocenters. The molecule has 0 saturated heterocycles. The van der Waals surface area contributed by atoms with Crippen molar-refractivity contribution in [1.82, 2.24) is 0 Å². The molecule has 2 N–H and O–H groups in total. The van der Waals surface area contributed by atoms with Crippen LogP contribution < -0.4 is 9.64 Å². The highest BCUT2D eigenvalue weighted by molar-refractivity contribution is 6.00. The molecule has 1 aromatic carbocycles. The summed E-state index contributed by atoms with van der Waals surface area (Å²) >= 11 is 0. The van der Waals surface area contributed by atoms with Crippen LogP contribution in [0.2, 0.25) is 0 Å². The third-order valence-corrected chi connectivity index (χ3v) is 5.94. The maximum absolute atomic E-state index is 10.00. The zero-order valence-corrected chi connectivity index (χ0v) is 15.5. The lowest BCUT2D eigenvalue weighted by molar-refractivity contribution is -0.897. The second-order valence-electron chi connectivity index (χ2n) is 7.08. The van der Waals surface area contributed by atoms with E-state index in [-0.39, 0.29) is 11.6 Å². The minimum atomic E-state index is -1.65. The van der Waals surface area contributed by atoms with Gasteiger partial charge in [-0.1, -0.05) is 12.1 Å². The molecule has 1 aliphatic carbocycles. The molecular formula is C21H22N5O+. The first-order chi connectivity index (χ1) is 13.1. The van der Waals surface area contributed by atoms with Crippen molar-refractivity contribution in [2.45, 2.75) is 12.8 Å². The first kappa shape index (κ1) is 18.6. The summed E-state index contributed by atoms with van der Waals surface area (Å²) in [7, 11) is 1.59. The van der Waals surface area contributed by atoms with E-state index in [2.05, 4.69) is 25.1 Å². The Hall–Kier alpha value is -3.14. The monoisotopic (exact) mass is 360 g/mol. The normalized spacial score (nSPS) is 28.7. The number of ether oxygens (including phenoxy) is 1. The van der Waals surface area contributed by atoms with Gasteiger partial charge in [0.2, 0.25) is 0 Å². The van der Waals surface area contributed by atoms with Crippen LogP contribution >= 0.6 is 0 Å². The summed E-state index contributed by atoms with van der Waals surface area (Å²) in [6, 6.07) is 13.8. The van der Waals surface area contributed by atoms with Gasteiger partial charge < -0.3 is 15.0 Å². The average molecular weight is 360 g/mol. The Labute approximate surface area is 159 Å². The first-order valence-electron chi connectivity index (χ1n) is 9.04. The third kappa shape index (κ3) is 2.78. The van der Waals surface area contributed by atoms with Gasteiger partial charge in [-0.25, -0.2) is 0 Å². The molecule has 136 valence electrons. The van der Waals surface area contributed by atoms with Gasteiger partial charge in [-0.15, -0.1) is 0 Å². The van der Waals surface area contributed by atoms with Crippen molar-refractivity contribution in [2.75, 3.05) is 26.7 Å². The molecule has 0 spiro atoms. The lowest BCUT2D eigenvalue weighted by Gasteiger charge is -2.46. The summed E-state index contributed by atoms with van der Waals surface area (Å²) in [4.78, 5) is 1.34. The highest BCUT2D eigenvalue weighted by Crippen LogP contribution is 2.52. The van der Waals surface area contributed by atoms with Gasteiger partial charge in [0, 0.05) is 11.8 Å². The molecule has 27 heavy (non-hydrogen) atoms. The molecule has 1 aliphatic heterocycles. The topological polar surface area (TPSA) is 109 Å². The third-order valence-electron chi connectivity index (χ3n) is 5.94. The number of benzene rings is 1. The minimum Gasteiger partial charge on any atom is -0.497 e. The van der Waals surface area contributed by atoms with Gasteiger partial charge in [0.25, 0.3) is 0 Å². The molecule has 1 saturated carbocycles. The maximum Gasteiger partial charge on any atom is 0.189 e. The smallest absolute Gasteiger partial charge is 0.189 e. The second-order valence-corrected chi connectivity index (χ2v) is 7.08.